The smallest absolute Gasteiger partial charge is 0.321 e. The minimum Gasteiger partial charge on any atom is -0.481 e. The van der Waals surface area contributed by atoms with Gasteiger partial charge in [-0.05, 0) is 37.5 Å². The first-order valence-electron chi connectivity index (χ1n) is 6.52. The van der Waals surface area contributed by atoms with Crippen molar-refractivity contribution in [3.63, 3.8) is 0 Å². The number of rotatable bonds is 2. The number of carbonyl (C=O) groups is 2. The number of aryl methyl sites for hydroxylation is 1. The lowest BCUT2D eigenvalue weighted by Crippen LogP contribution is -2.42. The molecule has 1 aliphatic heterocycles. The summed E-state index contributed by atoms with van der Waals surface area (Å²) in [5.74, 6) is -1.12. The van der Waals surface area contributed by atoms with Crippen LogP contribution < -0.4 is 5.32 Å². The molecule has 5 nitrogen and oxygen atoms in total. The van der Waals surface area contributed by atoms with Gasteiger partial charge < -0.3 is 15.3 Å². The van der Waals surface area contributed by atoms with Gasteiger partial charge >= 0.3 is 12.0 Å². The van der Waals surface area contributed by atoms with Crippen molar-refractivity contribution < 1.29 is 14.7 Å². The summed E-state index contributed by atoms with van der Waals surface area (Å²) in [7, 11) is 0. The first kappa shape index (κ1) is 14.7. The highest BCUT2D eigenvalue weighted by atomic mass is 35.5. The summed E-state index contributed by atoms with van der Waals surface area (Å²) >= 11 is 5.91. The fourth-order valence-electron chi connectivity index (χ4n) is 2.25. The van der Waals surface area contributed by atoms with Crippen molar-refractivity contribution >= 4 is 29.3 Å². The zero-order valence-corrected chi connectivity index (χ0v) is 12.0. The van der Waals surface area contributed by atoms with Crippen LogP contribution in [0.15, 0.2) is 18.2 Å². The molecule has 1 aromatic rings. The van der Waals surface area contributed by atoms with Crippen LogP contribution in [0.1, 0.15) is 18.4 Å². The summed E-state index contributed by atoms with van der Waals surface area (Å²) in [4.78, 5) is 24.6. The summed E-state index contributed by atoms with van der Waals surface area (Å²) in [5, 5.41) is 12.3. The molecule has 1 saturated heterocycles. The highest BCUT2D eigenvalue weighted by Crippen LogP contribution is 2.22. The molecule has 1 aromatic carbocycles. The van der Waals surface area contributed by atoms with E-state index in [0.29, 0.717) is 36.6 Å². The van der Waals surface area contributed by atoms with Gasteiger partial charge in [-0.1, -0.05) is 17.7 Å². The van der Waals surface area contributed by atoms with E-state index in [0.717, 1.165) is 5.56 Å². The van der Waals surface area contributed by atoms with Crippen molar-refractivity contribution in [3.05, 3.63) is 28.8 Å². The number of nitrogens with one attached hydrogen (secondary N) is 1. The second-order valence-corrected chi connectivity index (χ2v) is 5.43. The fourth-order valence-corrected chi connectivity index (χ4v) is 2.42. The number of halogens is 1. The Morgan fingerprint density at radius 1 is 1.35 bits per heavy atom. The maximum Gasteiger partial charge on any atom is 0.321 e. The Bertz CT molecular complexity index is 525. The van der Waals surface area contributed by atoms with Crippen LogP contribution in [0.25, 0.3) is 0 Å². The van der Waals surface area contributed by atoms with E-state index in [1.54, 1.807) is 17.0 Å². The van der Waals surface area contributed by atoms with Gasteiger partial charge in [-0.2, -0.15) is 0 Å². The lowest BCUT2D eigenvalue weighted by atomic mass is 9.97. The van der Waals surface area contributed by atoms with Gasteiger partial charge in [0.1, 0.15) is 0 Å². The maximum absolute atomic E-state index is 12.1. The van der Waals surface area contributed by atoms with E-state index < -0.39 is 5.97 Å². The molecular weight excluding hydrogens is 280 g/mol. The molecule has 1 aliphatic rings. The van der Waals surface area contributed by atoms with Crippen molar-refractivity contribution in [2.45, 2.75) is 19.8 Å². The lowest BCUT2D eigenvalue weighted by molar-refractivity contribution is -0.143. The third kappa shape index (κ3) is 3.42. The Morgan fingerprint density at radius 3 is 2.60 bits per heavy atom. The molecule has 0 saturated carbocycles. The summed E-state index contributed by atoms with van der Waals surface area (Å²) in [6.45, 7) is 2.81. The molecule has 108 valence electrons. The predicted octanol–water partition coefficient (Wildman–Crippen LogP) is 2.98. The molecule has 20 heavy (non-hydrogen) atoms. The molecule has 0 atom stereocenters. The minimum atomic E-state index is -0.782. The Morgan fingerprint density at radius 2 is 2.00 bits per heavy atom. The highest BCUT2D eigenvalue weighted by molar-refractivity contribution is 6.31. The number of urea groups is 1. The molecule has 6 heteroatoms. The standard InChI is InChI=1S/C14H17ClN2O3/c1-9-2-3-11(15)8-12(9)16-14(20)17-6-4-10(5-7-17)13(18)19/h2-3,8,10H,4-7H2,1H3,(H,16,20)(H,18,19). The predicted molar refractivity (Wildman–Crippen MR) is 77.1 cm³/mol. The van der Waals surface area contributed by atoms with Crippen LogP contribution in [-0.4, -0.2) is 35.1 Å². The van der Waals surface area contributed by atoms with E-state index in [1.165, 1.54) is 0 Å². The summed E-state index contributed by atoms with van der Waals surface area (Å²) in [6.07, 6.45) is 0.995. The van der Waals surface area contributed by atoms with Gasteiger partial charge in [-0.15, -0.1) is 0 Å². The number of piperidine rings is 1. The van der Waals surface area contributed by atoms with E-state index in [-0.39, 0.29) is 11.9 Å². The molecule has 2 N–H and O–H groups in total. The summed E-state index contributed by atoms with van der Waals surface area (Å²) in [6, 6.07) is 5.11. The minimum absolute atomic E-state index is 0.209. The highest BCUT2D eigenvalue weighted by Gasteiger charge is 2.27. The molecule has 0 bridgehead atoms. The van der Waals surface area contributed by atoms with Crippen LogP contribution in [0.2, 0.25) is 5.02 Å². The van der Waals surface area contributed by atoms with Crippen LogP contribution in [0.3, 0.4) is 0 Å². The Kier molecular flexibility index (Phi) is 4.49. The quantitative estimate of drug-likeness (QED) is 0.881. The SMILES string of the molecule is Cc1ccc(Cl)cc1NC(=O)N1CCC(C(=O)O)CC1. The third-order valence-electron chi connectivity index (χ3n) is 3.57. The average molecular weight is 297 g/mol. The van der Waals surface area contributed by atoms with Crippen LogP contribution in [0.4, 0.5) is 10.5 Å². The van der Waals surface area contributed by atoms with Gasteiger partial charge in [-0.3, -0.25) is 4.79 Å². The summed E-state index contributed by atoms with van der Waals surface area (Å²) < 4.78 is 0. The number of benzene rings is 1. The largest absolute Gasteiger partial charge is 0.481 e. The summed E-state index contributed by atoms with van der Waals surface area (Å²) in [5.41, 5.74) is 1.62. The number of aliphatic carboxylic acids is 1. The maximum atomic E-state index is 12.1. The normalized spacial score (nSPS) is 16.0. The molecule has 2 rings (SSSR count). The molecule has 1 heterocycles. The second kappa shape index (κ2) is 6.13. The van der Waals surface area contributed by atoms with Gasteiger partial charge in [-0.25, -0.2) is 4.79 Å². The molecule has 0 aromatic heterocycles. The number of amides is 2. The molecule has 2 amide bonds. The van der Waals surface area contributed by atoms with Gasteiger partial charge in [0, 0.05) is 23.8 Å². The van der Waals surface area contributed by atoms with Crippen LogP contribution in [0, 0.1) is 12.8 Å². The van der Waals surface area contributed by atoms with Crippen molar-refractivity contribution in [2.75, 3.05) is 18.4 Å². The fraction of sp³-hybridized carbons (Fsp3) is 0.429. The number of anilines is 1. The van der Waals surface area contributed by atoms with Gasteiger partial charge in [0.25, 0.3) is 0 Å². The number of hydrogen-bond donors (Lipinski definition) is 2. The lowest BCUT2D eigenvalue weighted by Gasteiger charge is -2.30. The molecule has 0 unspecified atom stereocenters. The van der Waals surface area contributed by atoms with E-state index >= 15 is 0 Å². The van der Waals surface area contributed by atoms with Crippen molar-refractivity contribution in [1.82, 2.24) is 4.90 Å². The number of carboxylic acid groups (broad SMARTS) is 1. The van der Waals surface area contributed by atoms with Gasteiger partial charge in [0.2, 0.25) is 0 Å². The zero-order chi connectivity index (χ0) is 14.7. The first-order chi connectivity index (χ1) is 9.47. The van der Waals surface area contributed by atoms with Crippen molar-refractivity contribution in [2.24, 2.45) is 5.92 Å². The Hall–Kier alpha value is -1.75. The zero-order valence-electron chi connectivity index (χ0n) is 11.2. The Labute approximate surface area is 122 Å². The van der Waals surface area contributed by atoms with E-state index in [4.69, 9.17) is 16.7 Å². The number of nitrogens with zero attached hydrogens (tertiary/aromatic N) is 1. The van der Waals surface area contributed by atoms with E-state index in [2.05, 4.69) is 5.32 Å². The molecule has 0 radical (unpaired) electrons. The second-order valence-electron chi connectivity index (χ2n) is 4.99. The van der Waals surface area contributed by atoms with Crippen LogP contribution in [-0.2, 0) is 4.79 Å². The topological polar surface area (TPSA) is 69.6 Å². The van der Waals surface area contributed by atoms with E-state index in [1.807, 2.05) is 13.0 Å². The molecule has 0 aliphatic carbocycles. The Balaban J connectivity index is 1.96. The number of carboxylic acids is 1. The van der Waals surface area contributed by atoms with Crippen molar-refractivity contribution in [3.8, 4) is 0 Å². The van der Waals surface area contributed by atoms with Crippen molar-refractivity contribution in [1.29, 1.82) is 0 Å². The van der Waals surface area contributed by atoms with Crippen LogP contribution >= 0.6 is 11.6 Å². The number of hydrogen-bond acceptors (Lipinski definition) is 2. The van der Waals surface area contributed by atoms with E-state index in [9.17, 15) is 9.59 Å². The number of likely N-dealkylation sites (tertiary alicyclic amines) is 1. The van der Waals surface area contributed by atoms with Gasteiger partial charge in [0.15, 0.2) is 0 Å². The third-order valence-corrected chi connectivity index (χ3v) is 3.81. The van der Waals surface area contributed by atoms with Gasteiger partial charge in [0.05, 0.1) is 5.92 Å². The monoisotopic (exact) mass is 296 g/mol. The average Bonchev–Trinajstić information content (AvgIpc) is 2.43. The van der Waals surface area contributed by atoms with Crippen LogP contribution in [0.5, 0.6) is 0 Å². The number of carbonyl (C=O) groups excluding carboxylic acids is 1. The molecule has 0 spiro atoms. The molecular formula is C14H17ClN2O3. The first-order valence-corrected chi connectivity index (χ1v) is 6.90. The molecule has 1 fully saturated rings.